The molecule has 4 aromatic heterocycles. The number of ether oxygens (including phenoxy) is 1. The Morgan fingerprint density at radius 3 is 2.69 bits per heavy atom. The predicted molar refractivity (Wildman–Crippen MR) is 145 cm³/mol. The van der Waals surface area contributed by atoms with E-state index in [0.29, 0.717) is 22.7 Å². The Bertz CT molecular complexity index is 1670. The molecule has 1 aromatic carbocycles. The van der Waals surface area contributed by atoms with Gasteiger partial charge in [0.05, 0.1) is 19.1 Å². The number of hydrogen-bond acceptors (Lipinski definition) is 6. The molecule has 200 valence electrons. The highest BCUT2D eigenvalue weighted by Crippen LogP contribution is 2.35. The third kappa shape index (κ3) is 4.73. The van der Waals surface area contributed by atoms with Crippen LogP contribution in [0.1, 0.15) is 59.8 Å². The Hall–Kier alpha value is -4.60. The number of hydrogen-bond donors (Lipinski definition) is 3. The Balaban J connectivity index is 1.33. The quantitative estimate of drug-likeness (QED) is 0.270. The smallest absolute Gasteiger partial charge is 0.328 e. The zero-order chi connectivity index (χ0) is 26.9. The number of aromatic nitrogens is 4. The lowest BCUT2D eigenvalue weighted by Gasteiger charge is -2.23. The van der Waals surface area contributed by atoms with Gasteiger partial charge < -0.3 is 24.4 Å². The topological polar surface area (TPSA) is 134 Å². The third-order valence-corrected chi connectivity index (χ3v) is 7.47. The normalized spacial score (nSPS) is 15.0. The van der Waals surface area contributed by atoms with E-state index in [0.717, 1.165) is 48.7 Å². The molecule has 1 saturated carbocycles. The van der Waals surface area contributed by atoms with Gasteiger partial charge in [-0.05, 0) is 48.4 Å². The number of aromatic amines is 2. The van der Waals surface area contributed by atoms with Crippen LogP contribution in [0.3, 0.4) is 0 Å². The summed E-state index contributed by atoms with van der Waals surface area (Å²) in [5, 5.41) is 8.08. The van der Waals surface area contributed by atoms with E-state index in [2.05, 4.69) is 20.4 Å². The molecule has 6 rings (SSSR count). The maximum atomic E-state index is 13.7. The van der Waals surface area contributed by atoms with Gasteiger partial charge in [-0.15, -0.1) is 0 Å². The molecular weight excluding hydrogens is 498 g/mol. The summed E-state index contributed by atoms with van der Waals surface area (Å²) in [6.45, 7) is 0. The number of nitrogens with zero attached hydrogens (tertiary/aromatic N) is 2. The van der Waals surface area contributed by atoms with Crippen LogP contribution >= 0.6 is 0 Å². The van der Waals surface area contributed by atoms with E-state index in [1.807, 2.05) is 36.4 Å². The van der Waals surface area contributed by atoms with E-state index in [1.165, 1.54) is 17.7 Å². The summed E-state index contributed by atoms with van der Waals surface area (Å²) in [6, 6.07) is 13.8. The van der Waals surface area contributed by atoms with Crippen LogP contribution in [0.25, 0.3) is 28.0 Å². The van der Waals surface area contributed by atoms with Gasteiger partial charge in [0.2, 0.25) is 0 Å². The van der Waals surface area contributed by atoms with Gasteiger partial charge in [-0.1, -0.05) is 37.5 Å². The van der Waals surface area contributed by atoms with Crippen LogP contribution in [0.5, 0.6) is 0 Å². The van der Waals surface area contributed by atoms with Crippen molar-refractivity contribution in [1.29, 1.82) is 0 Å². The van der Waals surface area contributed by atoms with Gasteiger partial charge in [-0.3, -0.25) is 9.59 Å². The van der Waals surface area contributed by atoms with E-state index in [9.17, 15) is 14.4 Å². The van der Waals surface area contributed by atoms with Gasteiger partial charge in [0.1, 0.15) is 11.7 Å². The molecule has 0 radical (unpaired) electrons. The number of carbonyl (C=O) groups excluding carboxylic acids is 2. The number of fused-ring (bicyclic) bond motifs is 2. The molecule has 4 heterocycles. The average molecular weight is 528 g/mol. The van der Waals surface area contributed by atoms with Gasteiger partial charge in [0.25, 0.3) is 11.5 Å². The lowest BCUT2D eigenvalue weighted by molar-refractivity contribution is -0.142. The largest absolute Gasteiger partial charge is 0.467 e. The summed E-state index contributed by atoms with van der Waals surface area (Å²) in [6.07, 6.45) is 6.84. The first-order chi connectivity index (χ1) is 19.0. The van der Waals surface area contributed by atoms with Crippen LogP contribution in [0.15, 0.2) is 64.0 Å². The Kier molecular flexibility index (Phi) is 6.52. The molecular formula is C29H29N5O5. The molecule has 39 heavy (non-hydrogen) atoms. The number of esters is 1. The highest BCUT2D eigenvalue weighted by Gasteiger charge is 2.28. The molecule has 1 fully saturated rings. The van der Waals surface area contributed by atoms with Crippen molar-refractivity contribution < 1.29 is 18.7 Å². The highest BCUT2D eigenvalue weighted by molar-refractivity contribution is 5.96. The summed E-state index contributed by atoms with van der Waals surface area (Å²) in [5.41, 5.74) is 3.05. The van der Waals surface area contributed by atoms with Crippen LogP contribution in [0, 0.1) is 0 Å². The molecule has 0 bridgehead atoms. The van der Waals surface area contributed by atoms with Crippen molar-refractivity contribution in [3.63, 3.8) is 0 Å². The van der Waals surface area contributed by atoms with E-state index in [-0.39, 0.29) is 23.6 Å². The second kappa shape index (κ2) is 10.3. The summed E-state index contributed by atoms with van der Waals surface area (Å²) in [4.78, 5) is 46.1. The molecule has 0 saturated heterocycles. The van der Waals surface area contributed by atoms with E-state index in [1.54, 1.807) is 12.3 Å². The van der Waals surface area contributed by atoms with Gasteiger partial charge in [-0.2, -0.15) is 9.61 Å². The van der Waals surface area contributed by atoms with E-state index in [4.69, 9.17) is 9.15 Å². The van der Waals surface area contributed by atoms with Crippen LogP contribution in [0.2, 0.25) is 0 Å². The fraction of sp³-hybridized carbons (Fsp3) is 0.310. The van der Waals surface area contributed by atoms with Gasteiger partial charge in [-0.25, -0.2) is 4.79 Å². The molecule has 1 aliphatic rings. The molecule has 5 aromatic rings. The molecule has 10 heteroatoms. The van der Waals surface area contributed by atoms with Gasteiger partial charge in [0, 0.05) is 29.3 Å². The number of amides is 1. The van der Waals surface area contributed by atoms with Crippen molar-refractivity contribution in [1.82, 2.24) is 24.9 Å². The molecule has 1 atom stereocenters. The van der Waals surface area contributed by atoms with Crippen molar-refractivity contribution in [3.05, 3.63) is 82.1 Å². The fourth-order valence-corrected chi connectivity index (χ4v) is 5.57. The molecule has 10 nitrogen and oxygen atoms in total. The molecule has 1 aliphatic carbocycles. The van der Waals surface area contributed by atoms with Crippen molar-refractivity contribution in [2.45, 2.75) is 50.5 Å². The Morgan fingerprint density at radius 2 is 1.95 bits per heavy atom. The Morgan fingerprint density at radius 1 is 1.13 bits per heavy atom. The number of benzene rings is 1. The van der Waals surface area contributed by atoms with Crippen molar-refractivity contribution in [3.8, 4) is 11.5 Å². The molecule has 3 N–H and O–H groups in total. The number of methoxy groups -OCH3 is 1. The van der Waals surface area contributed by atoms with Crippen molar-refractivity contribution in [2.24, 2.45) is 0 Å². The first kappa shape index (κ1) is 24.7. The number of carbonyl (C=O) groups is 2. The standard InChI is InChI=1S/C29H29N5O5/c1-38-29(37)22(15-19-14-18-10-5-6-11-20(18)30-19)31-27(35)21-16-24-32-26(23-12-7-13-39-23)25(28(36)34(24)33-21)17-8-3-2-4-9-17/h5-7,10-14,16-17,22,30,32H,2-4,8-9,15H2,1H3,(H,31,35). The van der Waals surface area contributed by atoms with E-state index >= 15 is 0 Å². The minimum Gasteiger partial charge on any atom is -0.467 e. The van der Waals surface area contributed by atoms with Crippen LogP contribution in [0.4, 0.5) is 0 Å². The summed E-state index contributed by atoms with van der Waals surface area (Å²) < 4.78 is 11.8. The summed E-state index contributed by atoms with van der Waals surface area (Å²) in [5.74, 6) is -0.529. The first-order valence-corrected chi connectivity index (χ1v) is 13.2. The van der Waals surface area contributed by atoms with Crippen molar-refractivity contribution >= 4 is 28.4 Å². The second-order valence-electron chi connectivity index (χ2n) is 9.99. The molecule has 0 aliphatic heterocycles. The molecule has 0 spiro atoms. The monoisotopic (exact) mass is 527 g/mol. The maximum absolute atomic E-state index is 13.7. The highest BCUT2D eigenvalue weighted by atomic mass is 16.5. The van der Waals surface area contributed by atoms with Gasteiger partial charge in [0.15, 0.2) is 11.5 Å². The lowest BCUT2D eigenvalue weighted by atomic mass is 9.83. The minimum absolute atomic E-state index is 0.0140. The number of para-hydroxylation sites is 1. The summed E-state index contributed by atoms with van der Waals surface area (Å²) in [7, 11) is 1.28. The van der Waals surface area contributed by atoms with Gasteiger partial charge >= 0.3 is 5.97 Å². The van der Waals surface area contributed by atoms with E-state index < -0.39 is 17.9 Å². The zero-order valence-corrected chi connectivity index (χ0v) is 21.5. The fourth-order valence-electron chi connectivity index (χ4n) is 5.57. The number of nitrogens with one attached hydrogen (secondary N) is 3. The molecule has 1 amide bonds. The zero-order valence-electron chi connectivity index (χ0n) is 21.5. The molecule has 1 unspecified atom stereocenters. The number of H-pyrrole nitrogens is 2. The number of rotatable bonds is 7. The average Bonchev–Trinajstić information content (AvgIpc) is 3.72. The SMILES string of the molecule is COC(=O)C(Cc1cc2ccccc2[nH]1)NC(=O)c1cc2[nH]c(-c3ccco3)c(C3CCCCC3)c(=O)n2n1. The maximum Gasteiger partial charge on any atom is 0.328 e. The third-order valence-electron chi connectivity index (χ3n) is 7.47. The Labute approximate surface area is 223 Å². The van der Waals surface area contributed by atoms with Crippen LogP contribution < -0.4 is 10.9 Å². The van der Waals surface area contributed by atoms with Crippen LogP contribution in [-0.4, -0.2) is 44.6 Å². The second-order valence-corrected chi connectivity index (χ2v) is 9.99. The number of furan rings is 1. The summed E-state index contributed by atoms with van der Waals surface area (Å²) >= 11 is 0. The lowest BCUT2D eigenvalue weighted by Crippen LogP contribution is -2.43. The minimum atomic E-state index is -0.951. The van der Waals surface area contributed by atoms with Crippen molar-refractivity contribution in [2.75, 3.05) is 7.11 Å². The van der Waals surface area contributed by atoms with Crippen LogP contribution in [-0.2, 0) is 16.0 Å². The first-order valence-electron chi connectivity index (χ1n) is 13.2. The predicted octanol–water partition coefficient (Wildman–Crippen LogP) is 4.33.